The minimum absolute atomic E-state index is 0.389. The van der Waals surface area contributed by atoms with Crippen LogP contribution < -0.4 is 21.8 Å². The Morgan fingerprint density at radius 3 is 1.14 bits per heavy atom. The Hall–Kier alpha value is -0.583. The summed E-state index contributed by atoms with van der Waals surface area (Å²) in [6.07, 6.45) is 0. The van der Waals surface area contributed by atoms with Crippen LogP contribution in [0.5, 0.6) is 0 Å². The van der Waals surface area contributed by atoms with Crippen molar-refractivity contribution in [3.05, 3.63) is 44.4 Å². The van der Waals surface area contributed by atoms with E-state index < -0.39 is 8.07 Å². The summed E-state index contributed by atoms with van der Waals surface area (Å²) in [7, 11) is -2.08. The molecule has 0 aromatic heterocycles. The standard InChI is InChI=1S/C14H14Cl4N2Si/c1-21(2,7-3-9(15)13(19)10(16)4-7)8-5-11(17)14(20)12(18)6-8/h3-6H,19-20H2,1-2H3. The molecule has 0 saturated heterocycles. The molecule has 0 fully saturated rings. The second-order valence-electron chi connectivity index (χ2n) is 5.33. The van der Waals surface area contributed by atoms with Gasteiger partial charge in [0.25, 0.3) is 0 Å². The number of halogens is 4. The van der Waals surface area contributed by atoms with E-state index in [0.29, 0.717) is 31.5 Å². The predicted molar refractivity (Wildman–Crippen MR) is 98.5 cm³/mol. The van der Waals surface area contributed by atoms with E-state index in [1.807, 2.05) is 24.3 Å². The van der Waals surface area contributed by atoms with E-state index in [-0.39, 0.29) is 0 Å². The highest BCUT2D eigenvalue weighted by atomic mass is 35.5. The van der Waals surface area contributed by atoms with Gasteiger partial charge in [-0.1, -0.05) is 69.9 Å². The molecule has 0 atom stereocenters. The van der Waals surface area contributed by atoms with Crippen molar-refractivity contribution in [1.29, 1.82) is 0 Å². The highest BCUT2D eigenvalue weighted by Gasteiger charge is 2.28. The molecule has 112 valence electrons. The molecule has 2 aromatic rings. The second kappa shape index (κ2) is 5.90. The lowest BCUT2D eigenvalue weighted by Gasteiger charge is -2.25. The lowest BCUT2D eigenvalue weighted by molar-refractivity contribution is 1.65. The minimum atomic E-state index is -2.08. The highest BCUT2D eigenvalue weighted by Crippen LogP contribution is 2.29. The zero-order chi connectivity index (χ0) is 15.9. The van der Waals surface area contributed by atoms with Gasteiger partial charge in [-0.3, -0.25) is 0 Å². The summed E-state index contributed by atoms with van der Waals surface area (Å²) < 4.78 is 0. The van der Waals surface area contributed by atoms with E-state index >= 15 is 0 Å². The lowest BCUT2D eigenvalue weighted by atomic mass is 10.3. The van der Waals surface area contributed by atoms with Crippen LogP contribution in [0.4, 0.5) is 11.4 Å². The molecule has 2 rings (SSSR count). The third-order valence-electron chi connectivity index (χ3n) is 3.60. The number of hydrogen-bond donors (Lipinski definition) is 2. The van der Waals surface area contributed by atoms with Gasteiger partial charge in [0.05, 0.1) is 31.5 Å². The molecule has 0 aliphatic heterocycles. The zero-order valence-electron chi connectivity index (χ0n) is 11.5. The highest BCUT2D eigenvalue weighted by molar-refractivity contribution is 7.00. The third kappa shape index (κ3) is 3.12. The minimum Gasteiger partial charge on any atom is -0.396 e. The number of benzene rings is 2. The summed E-state index contributed by atoms with van der Waals surface area (Å²) in [6.45, 7) is 4.31. The number of nitrogen functional groups attached to an aromatic ring is 2. The van der Waals surface area contributed by atoms with E-state index in [1.165, 1.54) is 0 Å². The van der Waals surface area contributed by atoms with Gasteiger partial charge < -0.3 is 11.5 Å². The summed E-state index contributed by atoms with van der Waals surface area (Å²) in [6, 6.07) is 7.42. The van der Waals surface area contributed by atoms with E-state index in [1.54, 1.807) is 0 Å². The van der Waals surface area contributed by atoms with Gasteiger partial charge >= 0.3 is 0 Å². The first-order valence-corrected chi connectivity index (χ1v) is 10.7. The molecule has 0 radical (unpaired) electrons. The fraction of sp³-hybridized carbons (Fsp3) is 0.143. The molecule has 2 aromatic carbocycles. The summed E-state index contributed by atoms with van der Waals surface area (Å²) in [5.74, 6) is 0. The van der Waals surface area contributed by atoms with Crippen molar-refractivity contribution in [2.24, 2.45) is 0 Å². The van der Waals surface area contributed by atoms with Crippen LogP contribution in [0.2, 0.25) is 33.2 Å². The van der Waals surface area contributed by atoms with Gasteiger partial charge in [-0.15, -0.1) is 0 Å². The molecule has 0 unspecified atom stereocenters. The van der Waals surface area contributed by atoms with E-state index in [2.05, 4.69) is 13.1 Å². The molecule has 0 amide bonds. The normalized spacial score (nSPS) is 11.7. The molecule has 0 aliphatic carbocycles. The van der Waals surface area contributed by atoms with Crippen LogP contribution in [0, 0.1) is 0 Å². The van der Waals surface area contributed by atoms with Crippen LogP contribution in [0.15, 0.2) is 24.3 Å². The van der Waals surface area contributed by atoms with E-state index in [4.69, 9.17) is 57.9 Å². The maximum Gasteiger partial charge on any atom is 0.112 e. The first kappa shape index (κ1) is 16.8. The topological polar surface area (TPSA) is 52.0 Å². The van der Waals surface area contributed by atoms with Crippen LogP contribution in [0.25, 0.3) is 0 Å². The van der Waals surface area contributed by atoms with Gasteiger partial charge in [-0.25, -0.2) is 0 Å². The van der Waals surface area contributed by atoms with Gasteiger partial charge in [0.15, 0.2) is 0 Å². The Bertz CT molecular complexity index is 611. The summed E-state index contributed by atoms with van der Waals surface area (Å²) in [5, 5.41) is 3.89. The maximum absolute atomic E-state index is 6.14. The molecule has 7 heteroatoms. The molecule has 0 saturated carbocycles. The number of nitrogens with two attached hydrogens (primary N) is 2. The number of rotatable bonds is 2. The predicted octanol–water partition coefficient (Wildman–Crippen LogP) is 4.29. The Labute approximate surface area is 144 Å². The second-order valence-corrected chi connectivity index (χ2v) is 11.4. The molecular formula is C14H14Cl4N2Si. The first-order valence-electron chi connectivity index (χ1n) is 6.14. The van der Waals surface area contributed by atoms with Crippen LogP contribution in [-0.2, 0) is 0 Å². The third-order valence-corrected chi connectivity index (χ3v) is 8.32. The van der Waals surface area contributed by atoms with Gasteiger partial charge in [0, 0.05) is 0 Å². The van der Waals surface area contributed by atoms with Gasteiger partial charge in [0.2, 0.25) is 0 Å². The van der Waals surface area contributed by atoms with Crippen molar-refractivity contribution >= 4 is 76.2 Å². The maximum atomic E-state index is 6.14. The van der Waals surface area contributed by atoms with E-state index in [0.717, 1.165) is 10.4 Å². The molecular weight excluding hydrogens is 366 g/mol. The fourth-order valence-electron chi connectivity index (χ4n) is 2.06. The average Bonchev–Trinajstić information content (AvgIpc) is 2.40. The lowest BCUT2D eigenvalue weighted by Crippen LogP contribution is -2.53. The molecule has 2 nitrogen and oxygen atoms in total. The molecule has 21 heavy (non-hydrogen) atoms. The SMILES string of the molecule is C[Si](C)(c1cc(Cl)c(N)c(Cl)c1)c1cc(Cl)c(N)c(Cl)c1. The largest absolute Gasteiger partial charge is 0.396 e. The number of hydrogen-bond acceptors (Lipinski definition) is 2. The molecule has 0 spiro atoms. The van der Waals surface area contributed by atoms with Crippen LogP contribution in [-0.4, -0.2) is 8.07 Å². The Morgan fingerprint density at radius 2 is 0.905 bits per heavy atom. The molecule has 0 bridgehead atoms. The summed E-state index contributed by atoms with van der Waals surface area (Å²) in [5.41, 5.74) is 12.4. The first-order chi connectivity index (χ1) is 9.64. The monoisotopic (exact) mass is 378 g/mol. The van der Waals surface area contributed by atoms with Crippen LogP contribution in [0.3, 0.4) is 0 Å². The van der Waals surface area contributed by atoms with Crippen LogP contribution >= 0.6 is 46.4 Å². The quantitative estimate of drug-likeness (QED) is 0.604. The van der Waals surface area contributed by atoms with Crippen molar-refractivity contribution in [1.82, 2.24) is 0 Å². The van der Waals surface area contributed by atoms with E-state index in [9.17, 15) is 0 Å². The van der Waals surface area contributed by atoms with Gasteiger partial charge in [-0.2, -0.15) is 0 Å². The zero-order valence-corrected chi connectivity index (χ0v) is 15.5. The van der Waals surface area contributed by atoms with Crippen molar-refractivity contribution < 1.29 is 0 Å². The van der Waals surface area contributed by atoms with Crippen molar-refractivity contribution in [3.8, 4) is 0 Å². The summed E-state index contributed by atoms with van der Waals surface area (Å²) >= 11 is 24.6. The Balaban J connectivity index is 2.61. The molecule has 4 N–H and O–H groups in total. The smallest absolute Gasteiger partial charge is 0.112 e. The molecule has 0 heterocycles. The Morgan fingerprint density at radius 1 is 0.667 bits per heavy atom. The summed E-state index contributed by atoms with van der Waals surface area (Å²) in [4.78, 5) is 0. The van der Waals surface area contributed by atoms with Crippen molar-refractivity contribution in [3.63, 3.8) is 0 Å². The average molecular weight is 380 g/mol. The van der Waals surface area contributed by atoms with Crippen LogP contribution in [0.1, 0.15) is 0 Å². The van der Waals surface area contributed by atoms with Crippen molar-refractivity contribution in [2.45, 2.75) is 13.1 Å². The fourth-order valence-corrected chi connectivity index (χ4v) is 5.75. The number of anilines is 2. The van der Waals surface area contributed by atoms with Gasteiger partial charge in [-0.05, 0) is 24.3 Å². The molecule has 0 aliphatic rings. The Kier molecular flexibility index (Phi) is 4.71. The van der Waals surface area contributed by atoms with Crippen molar-refractivity contribution in [2.75, 3.05) is 11.5 Å². The van der Waals surface area contributed by atoms with Gasteiger partial charge in [0.1, 0.15) is 8.07 Å².